The van der Waals surface area contributed by atoms with E-state index in [0.29, 0.717) is 12.0 Å². The Labute approximate surface area is 166 Å². The minimum absolute atomic E-state index is 0.146. The number of esters is 1. The van der Waals surface area contributed by atoms with Crippen LogP contribution in [0.2, 0.25) is 0 Å². The van der Waals surface area contributed by atoms with E-state index in [1.54, 1.807) is 24.3 Å². The van der Waals surface area contributed by atoms with E-state index in [2.05, 4.69) is 0 Å². The molecule has 0 fully saturated rings. The Morgan fingerprint density at radius 3 is 2.68 bits per heavy atom. The van der Waals surface area contributed by atoms with Crippen molar-refractivity contribution in [2.24, 2.45) is 0 Å². The zero-order chi connectivity index (χ0) is 20.4. The molecule has 28 heavy (non-hydrogen) atoms. The third-order valence-corrected chi connectivity index (χ3v) is 4.39. The highest BCUT2D eigenvalue weighted by atomic mass is 32.1. The Morgan fingerprint density at radius 1 is 1.21 bits per heavy atom. The SMILES string of the molecule is CCOC(=O)Oc1ccc(C=C(C#N)C(=O)OCCc2cccs2)cc1OC. The van der Waals surface area contributed by atoms with Crippen molar-refractivity contribution in [3.63, 3.8) is 0 Å². The number of nitriles is 1. The fraction of sp³-hybridized carbons (Fsp3) is 0.250. The van der Waals surface area contributed by atoms with Gasteiger partial charge in [-0.15, -0.1) is 11.3 Å². The van der Waals surface area contributed by atoms with E-state index in [-0.39, 0.29) is 30.3 Å². The van der Waals surface area contributed by atoms with Crippen LogP contribution in [0.5, 0.6) is 11.5 Å². The number of ether oxygens (including phenoxy) is 4. The van der Waals surface area contributed by atoms with Crippen molar-refractivity contribution in [3.05, 3.63) is 51.7 Å². The van der Waals surface area contributed by atoms with Gasteiger partial charge < -0.3 is 18.9 Å². The molecule has 0 radical (unpaired) electrons. The van der Waals surface area contributed by atoms with Crippen LogP contribution in [0.3, 0.4) is 0 Å². The second-order valence-electron chi connectivity index (χ2n) is 5.33. The number of nitrogens with zero attached hydrogens (tertiary/aromatic N) is 1. The van der Waals surface area contributed by atoms with Crippen LogP contribution < -0.4 is 9.47 Å². The van der Waals surface area contributed by atoms with Gasteiger partial charge in [-0.05, 0) is 42.1 Å². The van der Waals surface area contributed by atoms with Crippen LogP contribution in [0.1, 0.15) is 17.4 Å². The molecule has 0 spiro atoms. The van der Waals surface area contributed by atoms with Crippen LogP contribution in [0.25, 0.3) is 6.08 Å². The summed E-state index contributed by atoms with van der Waals surface area (Å²) in [5.41, 5.74) is 0.368. The van der Waals surface area contributed by atoms with Gasteiger partial charge in [-0.3, -0.25) is 0 Å². The Kier molecular flexibility index (Phi) is 8.06. The van der Waals surface area contributed by atoms with E-state index in [4.69, 9.17) is 18.9 Å². The van der Waals surface area contributed by atoms with Crippen LogP contribution in [-0.4, -0.2) is 32.4 Å². The Bertz CT molecular complexity index is 883. The van der Waals surface area contributed by atoms with E-state index in [0.717, 1.165) is 4.88 Å². The summed E-state index contributed by atoms with van der Waals surface area (Å²) in [7, 11) is 1.41. The zero-order valence-electron chi connectivity index (χ0n) is 15.5. The highest BCUT2D eigenvalue weighted by Gasteiger charge is 2.14. The van der Waals surface area contributed by atoms with Gasteiger partial charge in [0.15, 0.2) is 11.5 Å². The molecule has 0 amide bonds. The first-order valence-electron chi connectivity index (χ1n) is 8.41. The smallest absolute Gasteiger partial charge is 0.493 e. The minimum Gasteiger partial charge on any atom is -0.493 e. The molecule has 0 bridgehead atoms. The lowest BCUT2D eigenvalue weighted by molar-refractivity contribution is -0.138. The molecule has 7 nitrogen and oxygen atoms in total. The quantitative estimate of drug-likeness (QED) is 0.286. The normalized spacial score (nSPS) is 10.7. The third kappa shape index (κ3) is 6.14. The van der Waals surface area contributed by atoms with Crippen LogP contribution in [-0.2, 0) is 20.7 Å². The summed E-state index contributed by atoms with van der Waals surface area (Å²) in [5, 5.41) is 11.2. The maximum Gasteiger partial charge on any atom is 0.513 e. The fourth-order valence-electron chi connectivity index (χ4n) is 2.18. The maximum absolute atomic E-state index is 12.1. The van der Waals surface area contributed by atoms with Crippen molar-refractivity contribution in [2.75, 3.05) is 20.3 Å². The van der Waals surface area contributed by atoms with E-state index in [9.17, 15) is 14.9 Å². The predicted molar refractivity (Wildman–Crippen MR) is 103 cm³/mol. The Balaban J connectivity index is 2.06. The van der Waals surface area contributed by atoms with E-state index >= 15 is 0 Å². The second kappa shape index (κ2) is 10.7. The summed E-state index contributed by atoms with van der Waals surface area (Å²) in [6, 6.07) is 10.3. The van der Waals surface area contributed by atoms with E-state index in [1.807, 2.05) is 23.6 Å². The number of hydrogen-bond donors (Lipinski definition) is 0. The van der Waals surface area contributed by atoms with Gasteiger partial charge in [-0.1, -0.05) is 12.1 Å². The van der Waals surface area contributed by atoms with Crippen LogP contribution in [0, 0.1) is 11.3 Å². The second-order valence-corrected chi connectivity index (χ2v) is 6.36. The highest BCUT2D eigenvalue weighted by Crippen LogP contribution is 2.29. The summed E-state index contributed by atoms with van der Waals surface area (Å²) in [5.74, 6) is -0.287. The number of carbonyl (C=O) groups excluding carboxylic acids is 2. The number of thiophene rings is 1. The van der Waals surface area contributed by atoms with Crippen molar-refractivity contribution in [3.8, 4) is 17.6 Å². The number of carbonyl (C=O) groups is 2. The predicted octanol–water partition coefficient (Wildman–Crippen LogP) is 3.98. The van der Waals surface area contributed by atoms with Crippen molar-refractivity contribution in [2.45, 2.75) is 13.3 Å². The molecule has 0 saturated heterocycles. The monoisotopic (exact) mass is 401 g/mol. The summed E-state index contributed by atoms with van der Waals surface area (Å²) in [4.78, 5) is 24.7. The maximum atomic E-state index is 12.1. The van der Waals surface area contributed by atoms with Gasteiger partial charge >= 0.3 is 12.1 Å². The number of rotatable bonds is 8. The number of methoxy groups -OCH3 is 1. The largest absolute Gasteiger partial charge is 0.513 e. The van der Waals surface area contributed by atoms with Crippen LogP contribution in [0.4, 0.5) is 4.79 Å². The molecule has 1 heterocycles. The summed E-state index contributed by atoms with van der Waals surface area (Å²) < 4.78 is 20.1. The molecule has 0 saturated carbocycles. The lowest BCUT2D eigenvalue weighted by Crippen LogP contribution is -2.11. The zero-order valence-corrected chi connectivity index (χ0v) is 16.3. The molecule has 0 N–H and O–H groups in total. The molecule has 0 aliphatic rings. The molecule has 2 aromatic rings. The van der Waals surface area contributed by atoms with Crippen LogP contribution >= 0.6 is 11.3 Å². The van der Waals surface area contributed by atoms with Crippen molar-refractivity contribution in [1.29, 1.82) is 5.26 Å². The summed E-state index contributed by atoms with van der Waals surface area (Å²) in [6.07, 6.45) is 1.12. The van der Waals surface area contributed by atoms with Gasteiger partial charge in [0.25, 0.3) is 0 Å². The molecule has 0 atom stereocenters. The average molecular weight is 401 g/mol. The molecular weight excluding hydrogens is 382 g/mol. The number of hydrogen-bond acceptors (Lipinski definition) is 8. The topological polar surface area (TPSA) is 94.9 Å². The molecular formula is C20H19NO6S. The summed E-state index contributed by atoms with van der Waals surface area (Å²) in [6.45, 7) is 2.03. The van der Waals surface area contributed by atoms with Gasteiger partial charge in [-0.2, -0.15) is 5.26 Å². The van der Waals surface area contributed by atoms with Crippen molar-refractivity contribution >= 4 is 29.5 Å². The molecule has 2 rings (SSSR count). The molecule has 8 heteroatoms. The number of benzene rings is 1. The van der Waals surface area contributed by atoms with Gasteiger partial charge in [0.05, 0.1) is 20.3 Å². The highest BCUT2D eigenvalue weighted by molar-refractivity contribution is 7.09. The first-order chi connectivity index (χ1) is 13.6. The minimum atomic E-state index is -0.851. The molecule has 0 unspecified atom stereocenters. The average Bonchev–Trinajstić information content (AvgIpc) is 3.20. The Morgan fingerprint density at radius 2 is 2.04 bits per heavy atom. The van der Waals surface area contributed by atoms with Gasteiger partial charge in [0, 0.05) is 11.3 Å². The lowest BCUT2D eigenvalue weighted by Gasteiger charge is -2.09. The van der Waals surface area contributed by atoms with Crippen LogP contribution in [0.15, 0.2) is 41.3 Å². The molecule has 1 aromatic heterocycles. The van der Waals surface area contributed by atoms with Gasteiger partial charge in [0.2, 0.25) is 0 Å². The van der Waals surface area contributed by atoms with Gasteiger partial charge in [0.1, 0.15) is 11.6 Å². The van der Waals surface area contributed by atoms with E-state index < -0.39 is 12.1 Å². The van der Waals surface area contributed by atoms with Gasteiger partial charge in [-0.25, -0.2) is 9.59 Å². The first kappa shape index (κ1) is 21.0. The molecule has 0 aliphatic carbocycles. The molecule has 1 aromatic carbocycles. The Hall–Kier alpha value is -3.31. The first-order valence-corrected chi connectivity index (χ1v) is 9.29. The standard InChI is InChI=1S/C20H19NO6S/c1-3-25-20(23)27-17-7-6-14(12-18(17)24-2)11-15(13-21)19(22)26-9-8-16-5-4-10-28-16/h4-7,10-12H,3,8-9H2,1-2H3. The fourth-order valence-corrected chi connectivity index (χ4v) is 2.87. The summed E-state index contributed by atoms with van der Waals surface area (Å²) >= 11 is 1.57. The lowest BCUT2D eigenvalue weighted by atomic mass is 10.1. The van der Waals surface area contributed by atoms with Crippen molar-refractivity contribution < 1.29 is 28.5 Å². The third-order valence-electron chi connectivity index (χ3n) is 3.46. The molecule has 0 aliphatic heterocycles. The van der Waals surface area contributed by atoms with Crippen molar-refractivity contribution in [1.82, 2.24) is 0 Å². The molecule has 146 valence electrons. The van der Waals surface area contributed by atoms with E-state index in [1.165, 1.54) is 25.3 Å².